The standard InChI is InChI=1S/C16H21NO3/c1-3-4-6-12(2)17-16(20)14-8-5-7-13(11-14)9-10-15(18)19/h5,7-12H,3-4,6H2,1-2H3,(H,17,20)(H,18,19). The molecule has 0 fully saturated rings. The van der Waals surface area contributed by atoms with Gasteiger partial charge in [0.05, 0.1) is 0 Å². The largest absolute Gasteiger partial charge is 0.478 e. The molecule has 0 spiro atoms. The van der Waals surface area contributed by atoms with Crippen molar-refractivity contribution in [2.24, 2.45) is 0 Å². The van der Waals surface area contributed by atoms with Crippen molar-refractivity contribution in [1.29, 1.82) is 0 Å². The van der Waals surface area contributed by atoms with Gasteiger partial charge in [0, 0.05) is 17.7 Å². The molecule has 0 heterocycles. The predicted molar refractivity (Wildman–Crippen MR) is 79.6 cm³/mol. The van der Waals surface area contributed by atoms with Crippen molar-refractivity contribution in [3.63, 3.8) is 0 Å². The first-order valence-electron chi connectivity index (χ1n) is 6.85. The van der Waals surface area contributed by atoms with E-state index in [1.54, 1.807) is 24.3 Å². The number of unbranched alkanes of at least 4 members (excludes halogenated alkanes) is 1. The molecule has 0 aliphatic rings. The number of nitrogens with one attached hydrogen (secondary N) is 1. The third kappa shape index (κ3) is 5.69. The monoisotopic (exact) mass is 275 g/mol. The molecule has 1 atom stereocenters. The van der Waals surface area contributed by atoms with Crippen LogP contribution in [-0.2, 0) is 4.79 Å². The van der Waals surface area contributed by atoms with Gasteiger partial charge in [0.25, 0.3) is 5.91 Å². The number of carbonyl (C=O) groups is 2. The molecule has 1 aromatic carbocycles. The Labute approximate surface area is 119 Å². The van der Waals surface area contributed by atoms with Crippen LogP contribution in [0.15, 0.2) is 30.3 Å². The molecule has 4 nitrogen and oxygen atoms in total. The number of benzene rings is 1. The molecular weight excluding hydrogens is 254 g/mol. The Morgan fingerprint density at radius 1 is 1.40 bits per heavy atom. The van der Waals surface area contributed by atoms with Gasteiger partial charge in [-0.3, -0.25) is 4.79 Å². The quantitative estimate of drug-likeness (QED) is 0.751. The van der Waals surface area contributed by atoms with Crippen LogP contribution in [0.4, 0.5) is 0 Å². The van der Waals surface area contributed by atoms with Crippen molar-refractivity contribution in [3.8, 4) is 0 Å². The van der Waals surface area contributed by atoms with Crippen LogP contribution in [0.1, 0.15) is 49.0 Å². The zero-order valence-electron chi connectivity index (χ0n) is 11.9. The van der Waals surface area contributed by atoms with Gasteiger partial charge >= 0.3 is 5.97 Å². The van der Waals surface area contributed by atoms with Crippen LogP contribution in [0, 0.1) is 0 Å². The average Bonchev–Trinajstić information content (AvgIpc) is 2.43. The third-order valence-corrected chi connectivity index (χ3v) is 2.94. The predicted octanol–water partition coefficient (Wildman–Crippen LogP) is 3.09. The first-order valence-corrected chi connectivity index (χ1v) is 6.85. The summed E-state index contributed by atoms with van der Waals surface area (Å²) in [4.78, 5) is 22.5. The molecular formula is C16H21NO3. The molecule has 0 saturated carbocycles. The molecule has 1 aromatic rings. The van der Waals surface area contributed by atoms with E-state index in [1.165, 1.54) is 6.08 Å². The van der Waals surface area contributed by atoms with Crippen LogP contribution in [-0.4, -0.2) is 23.0 Å². The van der Waals surface area contributed by atoms with Crippen molar-refractivity contribution in [1.82, 2.24) is 5.32 Å². The minimum Gasteiger partial charge on any atom is -0.478 e. The van der Waals surface area contributed by atoms with Gasteiger partial charge in [0.2, 0.25) is 0 Å². The minimum absolute atomic E-state index is 0.126. The Morgan fingerprint density at radius 3 is 2.80 bits per heavy atom. The first kappa shape index (κ1) is 16.0. The second-order valence-corrected chi connectivity index (χ2v) is 4.81. The van der Waals surface area contributed by atoms with E-state index in [-0.39, 0.29) is 11.9 Å². The maximum absolute atomic E-state index is 12.1. The number of amides is 1. The molecule has 0 aliphatic carbocycles. The Hall–Kier alpha value is -2.10. The molecule has 1 amide bonds. The molecule has 0 saturated heterocycles. The number of carboxylic acids is 1. The van der Waals surface area contributed by atoms with Crippen LogP contribution in [0.3, 0.4) is 0 Å². The summed E-state index contributed by atoms with van der Waals surface area (Å²) in [6.45, 7) is 4.11. The van der Waals surface area contributed by atoms with E-state index in [4.69, 9.17) is 5.11 Å². The average molecular weight is 275 g/mol. The number of hydrogen-bond acceptors (Lipinski definition) is 2. The second-order valence-electron chi connectivity index (χ2n) is 4.81. The summed E-state index contributed by atoms with van der Waals surface area (Å²) >= 11 is 0. The summed E-state index contributed by atoms with van der Waals surface area (Å²) in [6, 6.07) is 7.05. The molecule has 0 aromatic heterocycles. The number of carboxylic acid groups (broad SMARTS) is 1. The Kier molecular flexibility index (Phi) is 6.50. The molecule has 4 heteroatoms. The van der Waals surface area contributed by atoms with Crippen LogP contribution >= 0.6 is 0 Å². The van der Waals surface area contributed by atoms with Crippen molar-refractivity contribution in [2.45, 2.75) is 39.2 Å². The fourth-order valence-corrected chi connectivity index (χ4v) is 1.84. The van der Waals surface area contributed by atoms with Crippen molar-refractivity contribution in [3.05, 3.63) is 41.5 Å². The van der Waals surface area contributed by atoms with Gasteiger partial charge in [-0.05, 0) is 37.1 Å². The molecule has 1 rings (SSSR count). The van der Waals surface area contributed by atoms with E-state index < -0.39 is 5.97 Å². The van der Waals surface area contributed by atoms with Gasteiger partial charge in [-0.2, -0.15) is 0 Å². The summed E-state index contributed by atoms with van der Waals surface area (Å²) in [5.41, 5.74) is 1.24. The first-order chi connectivity index (χ1) is 9.52. The SMILES string of the molecule is CCCCC(C)NC(=O)c1cccc(C=CC(=O)O)c1. The van der Waals surface area contributed by atoms with Crippen LogP contribution < -0.4 is 5.32 Å². The lowest BCUT2D eigenvalue weighted by molar-refractivity contribution is -0.131. The van der Waals surface area contributed by atoms with E-state index in [0.717, 1.165) is 25.3 Å². The van der Waals surface area contributed by atoms with E-state index in [0.29, 0.717) is 11.1 Å². The van der Waals surface area contributed by atoms with E-state index in [1.807, 2.05) is 6.92 Å². The van der Waals surface area contributed by atoms with Crippen LogP contribution in [0.2, 0.25) is 0 Å². The van der Waals surface area contributed by atoms with Gasteiger partial charge in [0.1, 0.15) is 0 Å². The molecule has 1 unspecified atom stereocenters. The number of carbonyl (C=O) groups excluding carboxylic acids is 1. The Morgan fingerprint density at radius 2 is 2.15 bits per heavy atom. The van der Waals surface area contributed by atoms with Crippen molar-refractivity contribution >= 4 is 18.0 Å². The fourth-order valence-electron chi connectivity index (χ4n) is 1.84. The lowest BCUT2D eigenvalue weighted by Gasteiger charge is -2.13. The second kappa shape index (κ2) is 8.15. The highest BCUT2D eigenvalue weighted by Crippen LogP contribution is 2.08. The number of aliphatic carboxylic acids is 1. The van der Waals surface area contributed by atoms with E-state index in [9.17, 15) is 9.59 Å². The van der Waals surface area contributed by atoms with Crippen LogP contribution in [0.25, 0.3) is 6.08 Å². The zero-order valence-corrected chi connectivity index (χ0v) is 11.9. The highest BCUT2D eigenvalue weighted by Gasteiger charge is 2.09. The summed E-state index contributed by atoms with van der Waals surface area (Å²) in [7, 11) is 0. The highest BCUT2D eigenvalue weighted by molar-refractivity contribution is 5.95. The minimum atomic E-state index is -1.01. The molecule has 108 valence electrons. The molecule has 20 heavy (non-hydrogen) atoms. The van der Waals surface area contributed by atoms with Crippen molar-refractivity contribution < 1.29 is 14.7 Å². The van der Waals surface area contributed by atoms with Gasteiger partial charge in [0.15, 0.2) is 0 Å². The van der Waals surface area contributed by atoms with Crippen LogP contribution in [0.5, 0.6) is 0 Å². The molecule has 0 aliphatic heterocycles. The van der Waals surface area contributed by atoms with Crippen molar-refractivity contribution in [2.75, 3.05) is 0 Å². The van der Waals surface area contributed by atoms with Gasteiger partial charge in [-0.25, -0.2) is 4.79 Å². The highest BCUT2D eigenvalue weighted by atomic mass is 16.4. The zero-order chi connectivity index (χ0) is 15.0. The van der Waals surface area contributed by atoms with E-state index in [2.05, 4.69) is 12.2 Å². The molecule has 0 bridgehead atoms. The van der Waals surface area contributed by atoms with Gasteiger partial charge < -0.3 is 10.4 Å². The van der Waals surface area contributed by atoms with E-state index >= 15 is 0 Å². The lowest BCUT2D eigenvalue weighted by atomic mass is 10.1. The Bertz CT molecular complexity index is 494. The number of rotatable bonds is 7. The molecule has 0 radical (unpaired) electrons. The summed E-state index contributed by atoms with van der Waals surface area (Å²) in [6.07, 6.45) is 5.68. The third-order valence-electron chi connectivity index (χ3n) is 2.94. The summed E-state index contributed by atoms with van der Waals surface area (Å²) in [5, 5.41) is 11.5. The summed E-state index contributed by atoms with van der Waals surface area (Å²) in [5.74, 6) is -1.13. The topological polar surface area (TPSA) is 66.4 Å². The number of hydrogen-bond donors (Lipinski definition) is 2. The van der Waals surface area contributed by atoms with Gasteiger partial charge in [-0.1, -0.05) is 31.9 Å². The van der Waals surface area contributed by atoms with Gasteiger partial charge in [-0.15, -0.1) is 0 Å². The fraction of sp³-hybridized carbons (Fsp3) is 0.375. The molecule has 2 N–H and O–H groups in total. The Balaban J connectivity index is 2.68. The summed E-state index contributed by atoms with van der Waals surface area (Å²) < 4.78 is 0. The lowest BCUT2D eigenvalue weighted by Crippen LogP contribution is -2.32. The normalized spacial score (nSPS) is 12.3. The maximum Gasteiger partial charge on any atom is 0.328 e. The smallest absolute Gasteiger partial charge is 0.328 e. The maximum atomic E-state index is 12.1.